The van der Waals surface area contributed by atoms with Gasteiger partial charge in [-0.2, -0.15) is 0 Å². The van der Waals surface area contributed by atoms with Crippen LogP contribution in [0.1, 0.15) is 58.4 Å². The number of aromatic nitrogens is 2. The summed E-state index contributed by atoms with van der Waals surface area (Å²) in [5, 5.41) is 6.88. The maximum absolute atomic E-state index is 6.18. The van der Waals surface area contributed by atoms with Crippen LogP contribution in [0.3, 0.4) is 0 Å². The molecule has 0 radical (unpaired) electrons. The van der Waals surface area contributed by atoms with Crippen molar-refractivity contribution in [1.29, 1.82) is 0 Å². The molecule has 0 unspecified atom stereocenters. The first-order valence-corrected chi connectivity index (χ1v) is 17.1. The second kappa shape index (κ2) is 21.7. The van der Waals surface area contributed by atoms with E-state index >= 15 is 0 Å². The summed E-state index contributed by atoms with van der Waals surface area (Å²) in [6.45, 7) is 17.8. The largest absolute Gasteiger partial charge is 0.388 e. The minimum Gasteiger partial charge on any atom is -0.388 e. The van der Waals surface area contributed by atoms with Gasteiger partial charge < -0.3 is 20.2 Å². The third-order valence-electron chi connectivity index (χ3n) is 7.36. The Morgan fingerprint density at radius 1 is 0.750 bits per heavy atom. The highest BCUT2D eigenvalue weighted by Crippen LogP contribution is 2.39. The fraction of sp³-hybridized carbons (Fsp3) is 0.227. The van der Waals surface area contributed by atoms with Crippen LogP contribution in [0.15, 0.2) is 134 Å². The molecule has 4 aromatic carbocycles. The minimum absolute atomic E-state index is 0.482. The van der Waals surface area contributed by atoms with E-state index in [-0.39, 0.29) is 0 Å². The fourth-order valence-electron chi connectivity index (χ4n) is 5.43. The monoisotopic (exact) mass is 640 g/mol. The molecule has 4 nitrogen and oxygen atoms in total. The van der Waals surface area contributed by atoms with E-state index in [1.54, 1.807) is 6.08 Å². The van der Waals surface area contributed by atoms with E-state index < -0.39 is 0 Å². The number of hydrogen-bond donors (Lipinski definition) is 2. The van der Waals surface area contributed by atoms with E-state index in [9.17, 15) is 0 Å². The van der Waals surface area contributed by atoms with Crippen LogP contribution in [-0.4, -0.2) is 16.2 Å². The van der Waals surface area contributed by atoms with Crippen LogP contribution >= 0.6 is 0 Å². The topological polar surface area (TPSA) is 47.9 Å². The molecule has 252 valence electrons. The van der Waals surface area contributed by atoms with Crippen molar-refractivity contribution >= 4 is 50.7 Å². The molecule has 0 aliphatic heterocycles. The highest BCUT2D eigenvalue weighted by Gasteiger charge is 2.21. The first-order valence-electron chi connectivity index (χ1n) is 17.1. The van der Waals surface area contributed by atoms with Crippen LogP contribution in [0.2, 0.25) is 0 Å². The summed E-state index contributed by atoms with van der Waals surface area (Å²) in [4.78, 5) is 0. The number of nitrogens with zero attached hydrogens (tertiary/aromatic N) is 2. The fourth-order valence-corrected chi connectivity index (χ4v) is 5.43. The van der Waals surface area contributed by atoms with E-state index in [0.717, 1.165) is 12.1 Å². The summed E-state index contributed by atoms with van der Waals surface area (Å²) in [6, 6.07) is 33.5. The zero-order valence-electron chi connectivity index (χ0n) is 30.4. The van der Waals surface area contributed by atoms with Gasteiger partial charge in [0.25, 0.3) is 0 Å². The van der Waals surface area contributed by atoms with Gasteiger partial charge in [-0.15, -0.1) is 6.58 Å². The van der Waals surface area contributed by atoms with Crippen LogP contribution < -0.4 is 11.1 Å². The quantitative estimate of drug-likeness (QED) is 0.149. The lowest BCUT2D eigenvalue weighted by Crippen LogP contribution is -2.08. The first kappa shape index (κ1) is 39.1. The van der Waals surface area contributed by atoms with E-state index in [1.165, 1.54) is 49.5 Å². The SMILES string of the molecule is C/C=C\C=C/n1c2ccccc2c2ccc3c4c(n(CN)c3c21)C=CC4.C=CC.CC.CC.CNc1ccccc1.Cc1ccccc1. The number of benzene rings is 4. The van der Waals surface area contributed by atoms with Crippen LogP contribution in [0.4, 0.5) is 5.69 Å². The van der Waals surface area contributed by atoms with Crippen LogP contribution in [-0.2, 0) is 13.1 Å². The van der Waals surface area contributed by atoms with E-state index in [1.807, 2.05) is 103 Å². The van der Waals surface area contributed by atoms with Gasteiger partial charge in [-0.25, -0.2) is 0 Å². The molecule has 0 saturated carbocycles. The molecule has 48 heavy (non-hydrogen) atoms. The molecular weight excluding hydrogens is 585 g/mol. The zero-order valence-corrected chi connectivity index (χ0v) is 30.4. The molecule has 0 bridgehead atoms. The van der Waals surface area contributed by atoms with Gasteiger partial charge in [0.15, 0.2) is 0 Å². The molecule has 0 atom stereocenters. The smallest absolute Gasteiger partial charge is 0.0780 e. The summed E-state index contributed by atoms with van der Waals surface area (Å²) in [5.74, 6) is 0. The van der Waals surface area contributed by atoms with Crippen molar-refractivity contribution in [3.63, 3.8) is 0 Å². The number of fused-ring (bicyclic) bond motifs is 7. The lowest BCUT2D eigenvalue weighted by atomic mass is 10.1. The normalized spacial score (nSPS) is 10.9. The molecule has 3 N–H and O–H groups in total. The third kappa shape index (κ3) is 9.73. The van der Waals surface area contributed by atoms with Gasteiger partial charge in [0.05, 0.1) is 23.2 Å². The number of rotatable bonds is 4. The molecule has 1 aliphatic rings. The molecule has 7 rings (SSSR count). The molecular formula is C44H56N4. The van der Waals surface area contributed by atoms with Crippen molar-refractivity contribution in [2.24, 2.45) is 5.73 Å². The summed E-state index contributed by atoms with van der Waals surface area (Å²) < 4.78 is 4.56. The second-order valence-electron chi connectivity index (χ2n) is 10.4. The van der Waals surface area contributed by atoms with Crippen LogP contribution in [0.25, 0.3) is 45.0 Å². The summed E-state index contributed by atoms with van der Waals surface area (Å²) >= 11 is 0. The number of nitrogens with one attached hydrogen (secondary N) is 1. The molecule has 2 aromatic heterocycles. The Morgan fingerprint density at radius 3 is 1.88 bits per heavy atom. The summed E-state index contributed by atoms with van der Waals surface area (Å²) in [7, 11) is 1.91. The lowest BCUT2D eigenvalue weighted by molar-refractivity contribution is 0.757. The van der Waals surface area contributed by atoms with Gasteiger partial charge in [-0.3, -0.25) is 0 Å². The Balaban J connectivity index is 0.000000298. The Hall–Kier alpha value is -5.06. The van der Waals surface area contributed by atoms with Crippen molar-refractivity contribution in [1.82, 2.24) is 9.13 Å². The van der Waals surface area contributed by atoms with E-state index in [4.69, 9.17) is 5.73 Å². The summed E-state index contributed by atoms with van der Waals surface area (Å²) in [5.41, 5.74) is 15.0. The standard InChI is InChI=1S/C23H21N3.C7H9N.C7H8.C3H6.2C2H6/c1-2-3-6-14-25-20-10-5-4-8-16(20)18-12-13-19-17-9-7-11-21(17)26(15-24)23(19)22(18)25;1-8-7-5-3-2-4-6-7;1-7-5-3-2-4-6-7;1-3-2;2*1-2/h2-8,10-14H,9,15,24H2,1H3;2-6,8H,1H3;2-6H,1H3;3H,1H2,2H3;2*1-2H3/b3-2-,14-6-;;;;;. The van der Waals surface area contributed by atoms with E-state index in [2.05, 4.69) is 107 Å². The van der Waals surface area contributed by atoms with Gasteiger partial charge in [0.1, 0.15) is 0 Å². The van der Waals surface area contributed by atoms with Crippen molar-refractivity contribution in [2.45, 2.75) is 61.6 Å². The molecule has 0 amide bonds. The number of para-hydroxylation sites is 2. The highest BCUT2D eigenvalue weighted by atomic mass is 15.1. The minimum atomic E-state index is 0.482. The van der Waals surface area contributed by atoms with Crippen LogP contribution in [0.5, 0.6) is 0 Å². The number of allylic oxidation sites excluding steroid dienone is 5. The van der Waals surface area contributed by atoms with Gasteiger partial charge in [0, 0.05) is 40.8 Å². The Morgan fingerprint density at radius 2 is 1.33 bits per heavy atom. The molecule has 0 saturated heterocycles. The number of aryl methyl sites for hydroxylation is 1. The Bertz CT molecular complexity index is 1880. The van der Waals surface area contributed by atoms with Gasteiger partial charge in [-0.05, 0) is 63.1 Å². The molecule has 0 fully saturated rings. The van der Waals surface area contributed by atoms with Crippen LogP contribution in [0, 0.1) is 6.92 Å². The highest BCUT2D eigenvalue weighted by molar-refractivity contribution is 6.19. The molecule has 1 aliphatic carbocycles. The summed E-state index contributed by atoms with van der Waals surface area (Å²) in [6.07, 6.45) is 15.5. The van der Waals surface area contributed by atoms with Gasteiger partial charge in [-0.1, -0.05) is 136 Å². The number of anilines is 1. The zero-order chi connectivity index (χ0) is 35.3. The van der Waals surface area contributed by atoms with Crippen molar-refractivity contribution in [3.8, 4) is 0 Å². The maximum atomic E-state index is 6.18. The average Bonchev–Trinajstić information content (AvgIpc) is 3.83. The van der Waals surface area contributed by atoms with E-state index in [0.29, 0.717) is 6.67 Å². The molecule has 4 heteroatoms. The maximum Gasteiger partial charge on any atom is 0.0780 e. The molecule has 0 spiro atoms. The number of nitrogens with two attached hydrogens (primary N) is 1. The third-order valence-corrected chi connectivity index (χ3v) is 7.36. The predicted octanol–water partition coefficient (Wildman–Crippen LogP) is 12.2. The Labute approximate surface area is 289 Å². The van der Waals surface area contributed by atoms with Gasteiger partial charge >= 0.3 is 0 Å². The van der Waals surface area contributed by atoms with Crippen molar-refractivity contribution in [3.05, 3.63) is 151 Å². The molecule has 6 aromatic rings. The number of hydrogen-bond acceptors (Lipinski definition) is 2. The average molecular weight is 641 g/mol. The Kier molecular flexibility index (Phi) is 17.7. The molecule has 2 heterocycles. The second-order valence-corrected chi connectivity index (χ2v) is 10.4. The van der Waals surface area contributed by atoms with Crippen molar-refractivity contribution in [2.75, 3.05) is 12.4 Å². The van der Waals surface area contributed by atoms with Crippen molar-refractivity contribution < 1.29 is 0 Å². The lowest BCUT2D eigenvalue weighted by Gasteiger charge is -2.08. The first-order chi connectivity index (χ1) is 23.6. The predicted molar refractivity (Wildman–Crippen MR) is 218 cm³/mol. The van der Waals surface area contributed by atoms with Gasteiger partial charge in [0.2, 0.25) is 0 Å².